The summed E-state index contributed by atoms with van der Waals surface area (Å²) in [6, 6.07) is 2.15. The number of ether oxygens (including phenoxy) is 1. The summed E-state index contributed by atoms with van der Waals surface area (Å²) < 4.78 is 5.68. The molecule has 1 amide bonds. The summed E-state index contributed by atoms with van der Waals surface area (Å²) in [6.07, 6.45) is 15.5. The number of rotatable bonds is 6. The molecule has 2 heterocycles. The summed E-state index contributed by atoms with van der Waals surface area (Å²) in [6.45, 7) is 8.37. The van der Waals surface area contributed by atoms with Gasteiger partial charge in [-0.1, -0.05) is 26.3 Å². The number of carbonyl (C=O) groups is 1. The molecule has 4 unspecified atom stereocenters. The lowest BCUT2D eigenvalue weighted by molar-refractivity contribution is -0.131. The summed E-state index contributed by atoms with van der Waals surface area (Å²) in [5.41, 5.74) is 3.01. The number of carbonyl (C=O) groups excluding carboxylic acids is 1. The van der Waals surface area contributed by atoms with Gasteiger partial charge in [-0.3, -0.25) is 9.78 Å². The second-order valence-corrected chi connectivity index (χ2v) is 9.91. The molecule has 2 aliphatic carbocycles. The minimum Gasteiger partial charge on any atom is -0.492 e. The van der Waals surface area contributed by atoms with E-state index in [1.54, 1.807) is 6.20 Å². The highest BCUT2D eigenvalue weighted by Crippen LogP contribution is 2.54. The number of hydrogen-bond acceptors (Lipinski definition) is 3. The fourth-order valence-corrected chi connectivity index (χ4v) is 6.29. The van der Waals surface area contributed by atoms with Crippen molar-refractivity contribution in [1.82, 2.24) is 10.3 Å². The van der Waals surface area contributed by atoms with Crippen molar-refractivity contribution in [2.24, 2.45) is 22.7 Å². The molecule has 0 spiro atoms. The van der Waals surface area contributed by atoms with Crippen LogP contribution in [0.1, 0.15) is 77.7 Å². The van der Waals surface area contributed by atoms with Gasteiger partial charge in [-0.05, 0) is 85.3 Å². The zero-order valence-electron chi connectivity index (χ0n) is 18.3. The lowest BCUT2D eigenvalue weighted by Crippen LogP contribution is -2.52. The highest BCUT2D eigenvalue weighted by Gasteiger charge is 2.48. The molecule has 4 atom stereocenters. The fraction of sp³-hybridized carbons (Fsp3) is 0.680. The smallest absolute Gasteiger partial charge is 0.220 e. The molecule has 1 aliphatic heterocycles. The van der Waals surface area contributed by atoms with E-state index in [0.717, 1.165) is 18.7 Å². The Morgan fingerprint density at radius 3 is 2.97 bits per heavy atom. The molecular formula is C25H36N2O2. The van der Waals surface area contributed by atoms with Crippen LogP contribution in [0.25, 0.3) is 5.57 Å². The third-order valence-corrected chi connectivity index (χ3v) is 8.13. The first-order valence-corrected chi connectivity index (χ1v) is 11.5. The van der Waals surface area contributed by atoms with E-state index in [1.165, 1.54) is 49.7 Å². The maximum atomic E-state index is 12.2. The van der Waals surface area contributed by atoms with Crippen LogP contribution in [0.3, 0.4) is 0 Å². The van der Waals surface area contributed by atoms with Crippen molar-refractivity contribution in [3.63, 3.8) is 0 Å². The highest BCUT2D eigenvalue weighted by molar-refractivity contribution is 5.77. The SMILES string of the molecule is CCOc1cncc(C2=CCCC2(C)CCC2CCCC3CNC(=O)CC23C)c1. The Kier molecular flexibility index (Phi) is 5.72. The number of nitrogens with zero attached hydrogens (tertiary/aromatic N) is 1. The largest absolute Gasteiger partial charge is 0.492 e. The normalized spacial score (nSPS) is 34.3. The monoisotopic (exact) mass is 396 g/mol. The number of hydrogen-bond donors (Lipinski definition) is 1. The maximum absolute atomic E-state index is 12.2. The van der Waals surface area contributed by atoms with Crippen LogP contribution in [0.5, 0.6) is 5.75 Å². The zero-order valence-corrected chi connectivity index (χ0v) is 18.3. The molecule has 1 N–H and O–H groups in total. The molecule has 29 heavy (non-hydrogen) atoms. The number of aromatic nitrogens is 1. The molecule has 0 aromatic carbocycles. The van der Waals surface area contributed by atoms with Crippen molar-refractivity contribution in [3.8, 4) is 5.75 Å². The van der Waals surface area contributed by atoms with E-state index in [-0.39, 0.29) is 16.7 Å². The molecule has 1 aromatic heterocycles. The number of allylic oxidation sites excluding steroid dienone is 2. The van der Waals surface area contributed by atoms with Gasteiger partial charge < -0.3 is 10.1 Å². The quantitative estimate of drug-likeness (QED) is 0.702. The molecule has 2 fully saturated rings. The molecule has 1 saturated heterocycles. The van der Waals surface area contributed by atoms with Crippen LogP contribution < -0.4 is 10.1 Å². The minimum absolute atomic E-state index is 0.176. The third kappa shape index (κ3) is 3.95. The standard InChI is InChI=1S/C25H36N2O2/c1-4-29-21-13-18(15-26-17-21)22-9-6-11-24(22,2)12-10-19-7-5-8-20-16-27-23(28)14-25(19,20)3/h9,13,15,17,19-20H,4-8,10-12,14,16H2,1-3H3,(H,27,28). The molecule has 0 radical (unpaired) electrons. The molecule has 4 heteroatoms. The van der Waals surface area contributed by atoms with Crippen LogP contribution in [0.2, 0.25) is 0 Å². The molecule has 4 nitrogen and oxygen atoms in total. The average molecular weight is 397 g/mol. The third-order valence-electron chi connectivity index (χ3n) is 8.13. The van der Waals surface area contributed by atoms with Crippen molar-refractivity contribution in [1.29, 1.82) is 0 Å². The van der Waals surface area contributed by atoms with Crippen molar-refractivity contribution >= 4 is 11.5 Å². The Balaban J connectivity index is 1.49. The van der Waals surface area contributed by atoms with Crippen molar-refractivity contribution in [2.75, 3.05) is 13.2 Å². The topological polar surface area (TPSA) is 51.2 Å². The van der Waals surface area contributed by atoms with Crippen LogP contribution in [0, 0.1) is 22.7 Å². The van der Waals surface area contributed by atoms with Gasteiger partial charge in [0.15, 0.2) is 0 Å². The van der Waals surface area contributed by atoms with Crippen LogP contribution in [0.15, 0.2) is 24.5 Å². The first-order chi connectivity index (χ1) is 13.9. The molecule has 1 saturated carbocycles. The number of fused-ring (bicyclic) bond motifs is 1. The van der Waals surface area contributed by atoms with E-state index < -0.39 is 0 Å². The first-order valence-electron chi connectivity index (χ1n) is 11.5. The summed E-state index contributed by atoms with van der Waals surface area (Å²) in [7, 11) is 0. The molecule has 3 aliphatic rings. The summed E-state index contributed by atoms with van der Waals surface area (Å²) >= 11 is 0. The predicted octanol–water partition coefficient (Wildman–Crippen LogP) is 5.39. The van der Waals surface area contributed by atoms with Gasteiger partial charge in [-0.2, -0.15) is 0 Å². The Labute approximate surface area is 175 Å². The molecule has 1 aromatic rings. The van der Waals surface area contributed by atoms with Crippen LogP contribution >= 0.6 is 0 Å². The Bertz CT molecular complexity index is 789. The molecule has 0 bridgehead atoms. The minimum atomic E-state index is 0.176. The van der Waals surface area contributed by atoms with Gasteiger partial charge >= 0.3 is 0 Å². The zero-order chi connectivity index (χ0) is 20.5. The first kappa shape index (κ1) is 20.4. The van der Waals surface area contributed by atoms with Gasteiger partial charge in [0.1, 0.15) is 5.75 Å². The fourth-order valence-electron chi connectivity index (χ4n) is 6.29. The lowest BCUT2D eigenvalue weighted by atomic mass is 9.56. The second kappa shape index (κ2) is 8.12. The Morgan fingerprint density at radius 1 is 1.28 bits per heavy atom. The van der Waals surface area contributed by atoms with Gasteiger partial charge in [-0.25, -0.2) is 0 Å². The number of pyridine rings is 1. The Morgan fingerprint density at radius 2 is 2.14 bits per heavy atom. The number of piperidine rings is 1. The second-order valence-electron chi connectivity index (χ2n) is 9.91. The summed E-state index contributed by atoms with van der Waals surface area (Å²) in [4.78, 5) is 16.6. The van der Waals surface area contributed by atoms with Gasteiger partial charge in [0.25, 0.3) is 0 Å². The van der Waals surface area contributed by atoms with E-state index in [9.17, 15) is 4.79 Å². The number of amides is 1. The molecule has 4 rings (SSSR count). The van der Waals surface area contributed by atoms with Crippen LogP contribution in [0.4, 0.5) is 0 Å². The van der Waals surface area contributed by atoms with E-state index in [0.29, 0.717) is 24.9 Å². The van der Waals surface area contributed by atoms with E-state index >= 15 is 0 Å². The van der Waals surface area contributed by atoms with Gasteiger partial charge in [-0.15, -0.1) is 0 Å². The Hall–Kier alpha value is -1.84. The highest BCUT2D eigenvalue weighted by atomic mass is 16.5. The maximum Gasteiger partial charge on any atom is 0.220 e. The van der Waals surface area contributed by atoms with Crippen molar-refractivity contribution in [3.05, 3.63) is 30.1 Å². The van der Waals surface area contributed by atoms with Crippen LogP contribution in [-0.4, -0.2) is 24.0 Å². The molecule has 158 valence electrons. The predicted molar refractivity (Wildman–Crippen MR) is 117 cm³/mol. The van der Waals surface area contributed by atoms with Gasteiger partial charge in [0, 0.05) is 19.2 Å². The number of nitrogens with one attached hydrogen (secondary N) is 1. The van der Waals surface area contributed by atoms with Crippen molar-refractivity contribution < 1.29 is 9.53 Å². The van der Waals surface area contributed by atoms with Gasteiger partial charge in [0.2, 0.25) is 5.91 Å². The summed E-state index contributed by atoms with van der Waals surface area (Å²) in [5, 5.41) is 3.11. The van der Waals surface area contributed by atoms with Crippen LogP contribution in [-0.2, 0) is 4.79 Å². The molecular weight excluding hydrogens is 360 g/mol. The van der Waals surface area contributed by atoms with E-state index in [4.69, 9.17) is 4.74 Å². The van der Waals surface area contributed by atoms with Crippen molar-refractivity contribution in [2.45, 2.75) is 72.1 Å². The van der Waals surface area contributed by atoms with E-state index in [2.05, 4.69) is 36.3 Å². The van der Waals surface area contributed by atoms with E-state index in [1.807, 2.05) is 13.1 Å². The summed E-state index contributed by atoms with van der Waals surface area (Å²) in [5.74, 6) is 2.41. The average Bonchev–Trinajstić information content (AvgIpc) is 3.08. The lowest BCUT2D eigenvalue weighted by Gasteiger charge is -2.50. The van der Waals surface area contributed by atoms with Gasteiger partial charge in [0.05, 0.1) is 12.8 Å².